The molecule has 1 atom stereocenters. The summed E-state index contributed by atoms with van der Waals surface area (Å²) in [5, 5.41) is 4.01. The van der Waals surface area contributed by atoms with Crippen LogP contribution in [-0.2, 0) is 11.3 Å². The lowest BCUT2D eigenvalue weighted by atomic mass is 10.1. The molecule has 0 bridgehead atoms. The molecule has 0 radical (unpaired) electrons. The molecular formula is C22H25N3O4. The van der Waals surface area contributed by atoms with E-state index in [1.807, 2.05) is 50.2 Å². The first-order chi connectivity index (χ1) is 14.0. The maximum atomic E-state index is 12.8. The van der Waals surface area contributed by atoms with Gasteiger partial charge in [-0.2, -0.15) is 4.98 Å². The van der Waals surface area contributed by atoms with Gasteiger partial charge in [0, 0.05) is 18.7 Å². The van der Waals surface area contributed by atoms with Crippen LogP contribution in [0, 0.1) is 6.92 Å². The Morgan fingerprint density at radius 2 is 1.90 bits per heavy atom. The second-order valence-corrected chi connectivity index (χ2v) is 6.77. The number of benzene rings is 2. The smallest absolute Gasteiger partial charge is 0.263 e. The molecule has 29 heavy (non-hydrogen) atoms. The van der Waals surface area contributed by atoms with Crippen LogP contribution in [-0.4, -0.2) is 41.2 Å². The van der Waals surface area contributed by atoms with Gasteiger partial charge in [-0.1, -0.05) is 48.0 Å². The summed E-state index contributed by atoms with van der Waals surface area (Å²) in [6, 6.07) is 15.0. The minimum Gasteiger partial charge on any atom is -0.497 e. The number of ether oxygens (including phenoxy) is 2. The number of carbonyl (C=O) groups is 1. The van der Waals surface area contributed by atoms with Crippen molar-refractivity contribution in [3.05, 3.63) is 60.0 Å². The highest BCUT2D eigenvalue weighted by Crippen LogP contribution is 2.22. The molecule has 0 aliphatic rings. The molecule has 1 unspecified atom stereocenters. The Bertz CT molecular complexity index is 953. The minimum absolute atomic E-state index is 0.162. The van der Waals surface area contributed by atoms with Gasteiger partial charge in [0.2, 0.25) is 11.7 Å². The van der Waals surface area contributed by atoms with Gasteiger partial charge < -0.3 is 18.9 Å². The maximum Gasteiger partial charge on any atom is 0.263 e. The lowest BCUT2D eigenvalue weighted by molar-refractivity contribution is -0.138. The molecule has 7 nitrogen and oxygen atoms in total. The Labute approximate surface area is 170 Å². The zero-order valence-corrected chi connectivity index (χ0v) is 17.1. The Kier molecular flexibility index (Phi) is 6.49. The molecule has 0 fully saturated rings. The van der Waals surface area contributed by atoms with Gasteiger partial charge in [0.1, 0.15) is 11.5 Å². The molecule has 3 rings (SSSR count). The van der Waals surface area contributed by atoms with Crippen molar-refractivity contribution in [1.82, 2.24) is 15.0 Å². The van der Waals surface area contributed by atoms with Gasteiger partial charge in [-0.15, -0.1) is 0 Å². The molecule has 0 saturated carbocycles. The normalized spacial score (nSPS) is 11.7. The Hall–Kier alpha value is -3.35. The number of rotatable bonds is 8. The zero-order valence-electron chi connectivity index (χ0n) is 17.1. The van der Waals surface area contributed by atoms with Crippen LogP contribution in [0.1, 0.15) is 24.8 Å². The van der Waals surface area contributed by atoms with E-state index < -0.39 is 6.10 Å². The van der Waals surface area contributed by atoms with Crippen molar-refractivity contribution in [3.8, 4) is 22.9 Å². The summed E-state index contributed by atoms with van der Waals surface area (Å²) in [6.45, 7) is 4.12. The summed E-state index contributed by atoms with van der Waals surface area (Å²) >= 11 is 0. The van der Waals surface area contributed by atoms with E-state index in [4.69, 9.17) is 14.0 Å². The van der Waals surface area contributed by atoms with Crippen LogP contribution in [0.5, 0.6) is 11.5 Å². The first-order valence-corrected chi connectivity index (χ1v) is 9.45. The third kappa shape index (κ3) is 5.13. The van der Waals surface area contributed by atoms with E-state index in [0.29, 0.717) is 29.6 Å². The Morgan fingerprint density at radius 3 is 2.59 bits per heavy atom. The SMILES string of the molecule is CCC(Oc1cccc(OC)c1)C(=O)N(C)Cc1nc(-c2ccc(C)cc2)no1. The maximum absolute atomic E-state index is 12.8. The molecule has 0 aliphatic heterocycles. The number of nitrogens with zero attached hydrogens (tertiary/aromatic N) is 3. The summed E-state index contributed by atoms with van der Waals surface area (Å²) in [7, 11) is 3.28. The van der Waals surface area contributed by atoms with Crippen LogP contribution >= 0.6 is 0 Å². The summed E-state index contributed by atoms with van der Waals surface area (Å²) in [5.74, 6) is 1.96. The van der Waals surface area contributed by atoms with Crippen molar-refractivity contribution in [3.63, 3.8) is 0 Å². The fourth-order valence-electron chi connectivity index (χ4n) is 2.81. The highest BCUT2D eigenvalue weighted by atomic mass is 16.5. The second kappa shape index (κ2) is 9.23. The van der Waals surface area contributed by atoms with Gasteiger partial charge >= 0.3 is 0 Å². The largest absolute Gasteiger partial charge is 0.497 e. The first kappa shape index (κ1) is 20.4. The fraction of sp³-hybridized carbons (Fsp3) is 0.318. The Balaban J connectivity index is 1.65. The van der Waals surface area contributed by atoms with E-state index in [0.717, 1.165) is 11.1 Å². The summed E-state index contributed by atoms with van der Waals surface area (Å²) in [6.07, 6.45) is -0.0923. The number of methoxy groups -OCH3 is 1. The molecule has 152 valence electrons. The number of hydrogen-bond acceptors (Lipinski definition) is 6. The van der Waals surface area contributed by atoms with E-state index in [-0.39, 0.29) is 12.5 Å². The van der Waals surface area contributed by atoms with Crippen molar-refractivity contribution >= 4 is 5.91 Å². The van der Waals surface area contributed by atoms with Gasteiger partial charge in [0.25, 0.3) is 5.91 Å². The summed E-state index contributed by atoms with van der Waals surface area (Å²) in [4.78, 5) is 18.8. The van der Waals surface area contributed by atoms with Crippen LogP contribution in [0.2, 0.25) is 0 Å². The quantitative estimate of drug-likeness (QED) is 0.576. The number of aryl methyl sites for hydroxylation is 1. The van der Waals surface area contributed by atoms with E-state index in [1.165, 1.54) is 4.90 Å². The fourth-order valence-corrected chi connectivity index (χ4v) is 2.81. The standard InChI is InChI=1S/C22H25N3O4/c1-5-19(28-18-8-6-7-17(13-18)27-4)22(26)25(3)14-20-23-21(24-29-20)16-11-9-15(2)10-12-16/h6-13,19H,5,14H2,1-4H3. The molecule has 2 aromatic carbocycles. The van der Waals surface area contributed by atoms with Crippen LogP contribution in [0.25, 0.3) is 11.4 Å². The number of aromatic nitrogens is 2. The molecule has 0 N–H and O–H groups in total. The van der Waals surface area contributed by atoms with Crippen LogP contribution in [0.4, 0.5) is 0 Å². The summed E-state index contributed by atoms with van der Waals surface area (Å²) < 4.78 is 16.4. The monoisotopic (exact) mass is 395 g/mol. The van der Waals surface area contributed by atoms with Crippen molar-refractivity contribution in [2.75, 3.05) is 14.2 Å². The average molecular weight is 395 g/mol. The van der Waals surface area contributed by atoms with Crippen molar-refractivity contribution in [2.45, 2.75) is 32.9 Å². The molecule has 0 aliphatic carbocycles. The predicted molar refractivity (Wildman–Crippen MR) is 109 cm³/mol. The highest BCUT2D eigenvalue weighted by molar-refractivity contribution is 5.81. The third-order valence-electron chi connectivity index (χ3n) is 4.49. The van der Waals surface area contributed by atoms with Crippen molar-refractivity contribution in [2.24, 2.45) is 0 Å². The summed E-state index contributed by atoms with van der Waals surface area (Å²) in [5.41, 5.74) is 2.02. The number of amides is 1. The lowest BCUT2D eigenvalue weighted by Gasteiger charge is -2.22. The van der Waals surface area contributed by atoms with E-state index >= 15 is 0 Å². The molecule has 3 aromatic rings. The van der Waals surface area contributed by atoms with Gasteiger partial charge in [-0.05, 0) is 25.5 Å². The highest BCUT2D eigenvalue weighted by Gasteiger charge is 2.24. The van der Waals surface area contributed by atoms with Crippen molar-refractivity contribution in [1.29, 1.82) is 0 Å². The molecule has 1 heterocycles. The predicted octanol–water partition coefficient (Wildman–Crippen LogP) is 3.87. The van der Waals surface area contributed by atoms with Gasteiger partial charge in [-0.25, -0.2) is 0 Å². The van der Waals surface area contributed by atoms with Crippen LogP contribution < -0.4 is 9.47 Å². The van der Waals surface area contributed by atoms with Crippen molar-refractivity contribution < 1.29 is 18.8 Å². The van der Waals surface area contributed by atoms with E-state index in [2.05, 4.69) is 10.1 Å². The topological polar surface area (TPSA) is 77.7 Å². The number of likely N-dealkylation sites (N-methyl/N-ethyl adjacent to an activating group) is 1. The van der Waals surface area contributed by atoms with Gasteiger partial charge in [0.05, 0.1) is 13.7 Å². The molecule has 0 spiro atoms. The third-order valence-corrected chi connectivity index (χ3v) is 4.49. The second-order valence-electron chi connectivity index (χ2n) is 6.77. The first-order valence-electron chi connectivity index (χ1n) is 9.45. The number of carbonyl (C=O) groups excluding carboxylic acids is 1. The van der Waals surface area contributed by atoms with Gasteiger partial charge in [-0.3, -0.25) is 4.79 Å². The van der Waals surface area contributed by atoms with Gasteiger partial charge in [0.15, 0.2) is 6.10 Å². The van der Waals surface area contributed by atoms with Crippen LogP contribution in [0.15, 0.2) is 53.1 Å². The van der Waals surface area contributed by atoms with E-state index in [9.17, 15) is 4.79 Å². The van der Waals surface area contributed by atoms with E-state index in [1.54, 1.807) is 26.3 Å². The molecule has 0 saturated heterocycles. The Morgan fingerprint density at radius 1 is 1.17 bits per heavy atom. The zero-order chi connectivity index (χ0) is 20.8. The number of hydrogen-bond donors (Lipinski definition) is 0. The average Bonchev–Trinajstić information content (AvgIpc) is 3.20. The molecular weight excluding hydrogens is 370 g/mol. The minimum atomic E-state index is -0.619. The molecule has 7 heteroatoms. The lowest BCUT2D eigenvalue weighted by Crippen LogP contribution is -2.39. The molecule has 1 aromatic heterocycles. The molecule has 1 amide bonds. The van der Waals surface area contributed by atoms with Crippen LogP contribution in [0.3, 0.4) is 0 Å².